The molecule has 6 atom stereocenters. The Bertz CT molecular complexity index is 3150. The van der Waals surface area contributed by atoms with Gasteiger partial charge in [0.25, 0.3) is 0 Å². The first-order valence-corrected chi connectivity index (χ1v) is 23.9. The van der Waals surface area contributed by atoms with Crippen LogP contribution in [0.2, 0.25) is 0 Å². The first-order chi connectivity index (χ1) is 30.8. The van der Waals surface area contributed by atoms with E-state index in [1.165, 1.54) is 138 Å². The molecule has 13 rings (SSSR count). The highest BCUT2D eigenvalue weighted by atomic mass is 15.2. The van der Waals surface area contributed by atoms with Gasteiger partial charge in [0.05, 0.1) is 0 Å². The third-order valence-electron chi connectivity index (χ3n) is 16.9. The van der Waals surface area contributed by atoms with Crippen LogP contribution in [0.5, 0.6) is 0 Å². The van der Waals surface area contributed by atoms with Crippen molar-refractivity contribution >= 4 is 44.3 Å². The van der Waals surface area contributed by atoms with Gasteiger partial charge in [-0.1, -0.05) is 117 Å². The minimum atomic E-state index is 0.0867. The summed E-state index contributed by atoms with van der Waals surface area (Å²) < 4.78 is 0. The Morgan fingerprint density at radius 1 is 0.460 bits per heavy atom. The molecule has 2 aliphatic heterocycles. The van der Waals surface area contributed by atoms with Gasteiger partial charge in [-0.25, -0.2) is 0 Å². The molecule has 8 aromatic carbocycles. The molecule has 5 aliphatic rings. The van der Waals surface area contributed by atoms with E-state index in [1.807, 2.05) is 0 Å². The SMILES string of the molecule is CC1CCC2(C)C(C1)c1cc(-c3ccc4c(c3)Cc3c-4c4ccccc4c4cc(-c5ccc6c(c5)C5CC(C)CCC5(C)N6c5ccccc5)ccc34)ccc1N2c1ccccc1. The second-order valence-electron chi connectivity index (χ2n) is 20.7. The maximum atomic E-state index is 2.68. The molecule has 8 aromatic rings. The zero-order chi connectivity index (χ0) is 42.2. The first-order valence-electron chi connectivity index (χ1n) is 23.9. The molecule has 2 nitrogen and oxygen atoms in total. The van der Waals surface area contributed by atoms with Crippen molar-refractivity contribution in [1.29, 1.82) is 0 Å². The van der Waals surface area contributed by atoms with E-state index >= 15 is 0 Å². The molecule has 6 unspecified atom stereocenters. The van der Waals surface area contributed by atoms with E-state index in [1.54, 1.807) is 0 Å². The molecule has 0 N–H and O–H groups in total. The maximum Gasteiger partial charge on any atom is 0.0492 e. The molecule has 2 saturated carbocycles. The lowest BCUT2D eigenvalue weighted by Crippen LogP contribution is -2.46. The van der Waals surface area contributed by atoms with Gasteiger partial charge < -0.3 is 9.80 Å². The molecule has 63 heavy (non-hydrogen) atoms. The van der Waals surface area contributed by atoms with Crippen LogP contribution in [0, 0.1) is 11.8 Å². The Kier molecular flexibility index (Phi) is 8.13. The van der Waals surface area contributed by atoms with Crippen LogP contribution in [-0.4, -0.2) is 11.1 Å². The first kappa shape index (κ1) is 37.4. The van der Waals surface area contributed by atoms with Crippen LogP contribution < -0.4 is 9.80 Å². The second-order valence-corrected chi connectivity index (χ2v) is 20.7. The van der Waals surface area contributed by atoms with Gasteiger partial charge in [0.2, 0.25) is 0 Å². The Balaban J connectivity index is 0.883. The third-order valence-corrected chi connectivity index (χ3v) is 16.9. The van der Waals surface area contributed by atoms with Gasteiger partial charge in [0, 0.05) is 45.7 Å². The van der Waals surface area contributed by atoms with Crippen molar-refractivity contribution in [2.24, 2.45) is 11.8 Å². The van der Waals surface area contributed by atoms with E-state index in [0.29, 0.717) is 11.8 Å². The number of hydrogen-bond donors (Lipinski definition) is 0. The number of hydrogen-bond acceptors (Lipinski definition) is 2. The van der Waals surface area contributed by atoms with Crippen molar-refractivity contribution in [3.63, 3.8) is 0 Å². The number of para-hydroxylation sites is 2. The van der Waals surface area contributed by atoms with Crippen LogP contribution >= 0.6 is 0 Å². The van der Waals surface area contributed by atoms with Crippen molar-refractivity contribution in [3.05, 3.63) is 180 Å². The number of fused-ring (bicyclic) bond motifs is 14. The van der Waals surface area contributed by atoms with Gasteiger partial charge in [0.15, 0.2) is 0 Å². The molecular weight excluding hydrogens is 761 g/mol. The van der Waals surface area contributed by atoms with Crippen molar-refractivity contribution in [3.8, 4) is 33.4 Å². The van der Waals surface area contributed by atoms with Gasteiger partial charge in [-0.3, -0.25) is 0 Å². The minimum absolute atomic E-state index is 0.0867. The second kappa shape index (κ2) is 13.7. The van der Waals surface area contributed by atoms with Crippen molar-refractivity contribution in [2.75, 3.05) is 9.80 Å². The molecule has 2 fully saturated rings. The van der Waals surface area contributed by atoms with Crippen LogP contribution in [0.1, 0.15) is 100 Å². The summed E-state index contributed by atoms with van der Waals surface area (Å²) in [7, 11) is 0. The summed E-state index contributed by atoms with van der Waals surface area (Å²) in [6, 6.07) is 60.9. The van der Waals surface area contributed by atoms with Crippen molar-refractivity contribution in [1.82, 2.24) is 0 Å². The molecule has 0 saturated heterocycles. The Morgan fingerprint density at radius 2 is 0.952 bits per heavy atom. The van der Waals surface area contributed by atoms with E-state index < -0.39 is 0 Å². The fraction of sp³-hybridized carbons (Fsp3) is 0.279. The lowest BCUT2D eigenvalue weighted by atomic mass is 9.69. The topological polar surface area (TPSA) is 6.48 Å². The molecule has 310 valence electrons. The highest BCUT2D eigenvalue weighted by Gasteiger charge is 2.52. The molecule has 0 bridgehead atoms. The molecule has 0 aromatic heterocycles. The van der Waals surface area contributed by atoms with E-state index in [4.69, 9.17) is 0 Å². The fourth-order valence-corrected chi connectivity index (χ4v) is 13.7. The molecule has 2 heteroatoms. The molecule has 0 amide bonds. The zero-order valence-electron chi connectivity index (χ0n) is 37.2. The van der Waals surface area contributed by atoms with E-state index in [2.05, 4.69) is 195 Å². The minimum Gasteiger partial charge on any atom is -0.335 e. The van der Waals surface area contributed by atoms with Crippen LogP contribution in [0.4, 0.5) is 22.7 Å². The highest BCUT2D eigenvalue weighted by molar-refractivity contribution is 6.18. The number of anilines is 4. The van der Waals surface area contributed by atoms with E-state index in [-0.39, 0.29) is 11.1 Å². The zero-order valence-corrected chi connectivity index (χ0v) is 37.2. The van der Waals surface area contributed by atoms with Gasteiger partial charge in [-0.15, -0.1) is 0 Å². The largest absolute Gasteiger partial charge is 0.335 e. The van der Waals surface area contributed by atoms with Crippen LogP contribution in [-0.2, 0) is 6.42 Å². The molecule has 0 radical (unpaired) electrons. The lowest BCUT2D eigenvalue weighted by molar-refractivity contribution is 0.237. The summed E-state index contributed by atoms with van der Waals surface area (Å²) in [4.78, 5) is 5.36. The van der Waals surface area contributed by atoms with Gasteiger partial charge in [-0.2, -0.15) is 0 Å². The van der Waals surface area contributed by atoms with Crippen LogP contribution in [0.25, 0.3) is 54.9 Å². The monoisotopic (exact) mass is 816 g/mol. The van der Waals surface area contributed by atoms with Crippen molar-refractivity contribution < 1.29 is 0 Å². The summed E-state index contributed by atoms with van der Waals surface area (Å²) >= 11 is 0. The average Bonchev–Trinajstić information content (AvgIpc) is 3.92. The van der Waals surface area contributed by atoms with Gasteiger partial charge >= 0.3 is 0 Å². The Labute approximate surface area is 373 Å². The smallest absolute Gasteiger partial charge is 0.0492 e. The molecular formula is C61H56N2. The fourth-order valence-electron chi connectivity index (χ4n) is 13.7. The molecule has 0 spiro atoms. The van der Waals surface area contributed by atoms with Crippen LogP contribution in [0.15, 0.2) is 158 Å². The Morgan fingerprint density at radius 3 is 1.54 bits per heavy atom. The van der Waals surface area contributed by atoms with Gasteiger partial charge in [0.1, 0.15) is 0 Å². The maximum absolute atomic E-state index is 2.68. The standard InChI is InChI=1S/C61H56N2/c1-38-27-29-60(3)55(31-38)53-35-42(21-25-57(53)62(60)45-13-7-5-8-14-45)40-19-23-47-44(33-40)37-52-49-24-20-41(34-51(49)48-17-11-12-18-50(48)59(47)52)43-22-26-58-54(36-43)56-32-39(2)28-30-61(56,4)63(58)46-15-9-6-10-16-46/h5-26,33-36,38-39,55-56H,27-32,37H2,1-4H3. The Hall–Kier alpha value is -6.12. The third kappa shape index (κ3) is 5.43. The quantitative estimate of drug-likeness (QED) is 0.163. The average molecular weight is 817 g/mol. The number of rotatable bonds is 4. The summed E-state index contributed by atoms with van der Waals surface area (Å²) in [5.41, 5.74) is 19.7. The molecule has 3 aliphatic carbocycles. The molecule has 2 heterocycles. The van der Waals surface area contributed by atoms with E-state index in [9.17, 15) is 0 Å². The predicted octanol–water partition coefficient (Wildman–Crippen LogP) is 16.5. The van der Waals surface area contributed by atoms with E-state index in [0.717, 1.165) is 18.3 Å². The number of nitrogens with zero attached hydrogens (tertiary/aromatic N) is 2. The lowest BCUT2D eigenvalue weighted by Gasteiger charge is -2.45. The van der Waals surface area contributed by atoms with Crippen molar-refractivity contribution in [2.45, 2.75) is 95.6 Å². The summed E-state index contributed by atoms with van der Waals surface area (Å²) in [5.74, 6) is 2.52. The predicted molar refractivity (Wildman–Crippen MR) is 266 cm³/mol. The van der Waals surface area contributed by atoms with Crippen LogP contribution in [0.3, 0.4) is 0 Å². The number of benzene rings is 8. The van der Waals surface area contributed by atoms with Gasteiger partial charge in [-0.05, 0) is 202 Å². The normalized spacial score (nSPS) is 25.4. The summed E-state index contributed by atoms with van der Waals surface area (Å²) in [5, 5.41) is 5.47. The summed E-state index contributed by atoms with van der Waals surface area (Å²) in [6.45, 7) is 9.96. The summed E-state index contributed by atoms with van der Waals surface area (Å²) in [6.07, 6.45) is 8.45. The highest BCUT2D eigenvalue weighted by Crippen LogP contribution is 2.60.